The van der Waals surface area contributed by atoms with E-state index in [9.17, 15) is 23.2 Å². The minimum absolute atomic E-state index is 0.0863. The highest BCUT2D eigenvalue weighted by molar-refractivity contribution is 8.18. The molecule has 1 N–H and O–H groups in total. The van der Waals surface area contributed by atoms with E-state index in [-0.39, 0.29) is 15.6 Å². The third-order valence-electron chi connectivity index (χ3n) is 3.53. The average Bonchev–Trinajstić information content (AvgIpc) is 2.86. The lowest BCUT2D eigenvalue weighted by Gasteiger charge is -2.12. The second kappa shape index (κ2) is 7.89. The standard InChI is InChI=1S/C18H11ClF2N2O3S/c19-13-8-12(4-5-14(13)21)22-16(24)9-23-17(25)15(27-18(23)26)7-10-2-1-3-11(20)6-10/h1-8H,9H2,(H,22,24)/b15-7+. The maximum absolute atomic E-state index is 13.2. The molecule has 0 saturated carbocycles. The van der Waals surface area contributed by atoms with Gasteiger partial charge in [0.1, 0.15) is 18.2 Å². The van der Waals surface area contributed by atoms with Gasteiger partial charge in [-0.3, -0.25) is 19.3 Å². The molecule has 2 aromatic rings. The Morgan fingerprint density at radius 3 is 2.67 bits per heavy atom. The molecule has 1 aliphatic heterocycles. The first kappa shape index (κ1) is 19.1. The summed E-state index contributed by atoms with van der Waals surface area (Å²) in [5, 5.41) is 1.65. The van der Waals surface area contributed by atoms with Crippen LogP contribution >= 0.6 is 23.4 Å². The highest BCUT2D eigenvalue weighted by atomic mass is 35.5. The molecule has 0 unspecified atom stereocenters. The van der Waals surface area contributed by atoms with E-state index in [1.165, 1.54) is 36.4 Å². The monoisotopic (exact) mass is 408 g/mol. The van der Waals surface area contributed by atoms with Crippen LogP contribution in [0, 0.1) is 11.6 Å². The number of hydrogen-bond acceptors (Lipinski definition) is 4. The quantitative estimate of drug-likeness (QED) is 0.766. The van der Waals surface area contributed by atoms with Gasteiger partial charge in [0.2, 0.25) is 5.91 Å². The maximum Gasteiger partial charge on any atom is 0.294 e. The molecule has 0 atom stereocenters. The van der Waals surface area contributed by atoms with Gasteiger partial charge >= 0.3 is 0 Å². The molecule has 0 aromatic heterocycles. The number of nitrogens with zero attached hydrogens (tertiary/aromatic N) is 1. The largest absolute Gasteiger partial charge is 0.324 e. The van der Waals surface area contributed by atoms with E-state index in [0.717, 1.165) is 11.0 Å². The molecule has 2 aromatic carbocycles. The van der Waals surface area contributed by atoms with E-state index in [4.69, 9.17) is 11.6 Å². The molecule has 0 bridgehead atoms. The Labute approximate surface area is 162 Å². The van der Waals surface area contributed by atoms with Gasteiger partial charge in [0.25, 0.3) is 11.1 Å². The molecule has 3 amide bonds. The van der Waals surface area contributed by atoms with E-state index in [1.54, 1.807) is 6.07 Å². The van der Waals surface area contributed by atoms with Crippen LogP contribution in [0.2, 0.25) is 5.02 Å². The number of thioether (sulfide) groups is 1. The Balaban J connectivity index is 1.69. The van der Waals surface area contributed by atoms with Gasteiger partial charge < -0.3 is 5.32 Å². The van der Waals surface area contributed by atoms with E-state index in [1.807, 2.05) is 0 Å². The Hall–Kier alpha value is -2.71. The van der Waals surface area contributed by atoms with E-state index < -0.39 is 35.2 Å². The Morgan fingerprint density at radius 1 is 1.19 bits per heavy atom. The second-order valence-corrected chi connectivity index (χ2v) is 6.90. The number of hydrogen-bond donors (Lipinski definition) is 1. The van der Waals surface area contributed by atoms with Crippen LogP contribution in [0.5, 0.6) is 0 Å². The molecule has 9 heteroatoms. The summed E-state index contributed by atoms with van der Waals surface area (Å²) in [6.07, 6.45) is 1.38. The van der Waals surface area contributed by atoms with Crippen molar-refractivity contribution in [2.75, 3.05) is 11.9 Å². The van der Waals surface area contributed by atoms with Crippen molar-refractivity contribution in [3.8, 4) is 0 Å². The van der Waals surface area contributed by atoms with Crippen molar-refractivity contribution in [2.24, 2.45) is 0 Å². The molecule has 0 spiro atoms. The van der Waals surface area contributed by atoms with Crippen molar-refractivity contribution >= 4 is 52.2 Å². The number of benzene rings is 2. The van der Waals surface area contributed by atoms with Gasteiger partial charge in [0.05, 0.1) is 9.93 Å². The highest BCUT2D eigenvalue weighted by Gasteiger charge is 2.36. The predicted molar refractivity (Wildman–Crippen MR) is 99.1 cm³/mol. The van der Waals surface area contributed by atoms with Crippen molar-refractivity contribution in [1.82, 2.24) is 4.90 Å². The van der Waals surface area contributed by atoms with Gasteiger partial charge in [0, 0.05) is 5.69 Å². The molecule has 1 fully saturated rings. The summed E-state index contributed by atoms with van der Waals surface area (Å²) in [6, 6.07) is 9.14. The van der Waals surface area contributed by atoms with Crippen LogP contribution in [0.3, 0.4) is 0 Å². The molecule has 5 nitrogen and oxygen atoms in total. The second-order valence-electron chi connectivity index (χ2n) is 5.50. The van der Waals surface area contributed by atoms with Crippen molar-refractivity contribution in [3.63, 3.8) is 0 Å². The summed E-state index contributed by atoms with van der Waals surface area (Å²) in [4.78, 5) is 37.4. The first-order valence-electron chi connectivity index (χ1n) is 7.59. The van der Waals surface area contributed by atoms with E-state index in [0.29, 0.717) is 17.3 Å². The summed E-state index contributed by atoms with van der Waals surface area (Å²) in [6.45, 7) is -0.514. The number of halogens is 3. The summed E-state index contributed by atoms with van der Waals surface area (Å²) in [7, 11) is 0. The molecule has 1 saturated heterocycles. The number of amides is 3. The number of rotatable bonds is 4. The Kier molecular flexibility index (Phi) is 5.57. The summed E-state index contributed by atoms with van der Waals surface area (Å²) < 4.78 is 26.4. The Bertz CT molecular complexity index is 981. The van der Waals surface area contributed by atoms with E-state index in [2.05, 4.69) is 5.32 Å². The molecule has 1 aliphatic rings. The third-order valence-corrected chi connectivity index (χ3v) is 4.72. The van der Waals surface area contributed by atoms with Gasteiger partial charge in [-0.05, 0) is 53.7 Å². The minimum atomic E-state index is -0.651. The van der Waals surface area contributed by atoms with Crippen LogP contribution in [0.4, 0.5) is 19.3 Å². The van der Waals surface area contributed by atoms with Crippen LogP contribution in [0.1, 0.15) is 5.56 Å². The lowest BCUT2D eigenvalue weighted by Crippen LogP contribution is -2.36. The van der Waals surface area contributed by atoms with Crippen LogP contribution in [-0.2, 0) is 9.59 Å². The fraction of sp³-hybridized carbons (Fsp3) is 0.0556. The van der Waals surface area contributed by atoms with Crippen LogP contribution < -0.4 is 5.32 Å². The molecule has 3 rings (SSSR count). The fourth-order valence-electron chi connectivity index (χ4n) is 2.30. The van der Waals surface area contributed by atoms with Gasteiger partial charge in [-0.2, -0.15) is 0 Å². The zero-order chi connectivity index (χ0) is 19.6. The molecule has 138 valence electrons. The molecular formula is C18H11ClF2N2O3S. The number of carbonyl (C=O) groups excluding carboxylic acids is 3. The predicted octanol–water partition coefficient (Wildman–Crippen LogP) is 4.29. The molecule has 1 heterocycles. The zero-order valence-corrected chi connectivity index (χ0v) is 15.1. The third kappa shape index (κ3) is 4.53. The van der Waals surface area contributed by atoms with Gasteiger partial charge in [-0.15, -0.1) is 0 Å². The van der Waals surface area contributed by atoms with Crippen molar-refractivity contribution in [3.05, 3.63) is 69.6 Å². The number of carbonyl (C=O) groups is 3. The van der Waals surface area contributed by atoms with Crippen LogP contribution in [0.25, 0.3) is 6.08 Å². The number of nitrogens with one attached hydrogen (secondary N) is 1. The van der Waals surface area contributed by atoms with Crippen molar-refractivity contribution in [1.29, 1.82) is 0 Å². The molecule has 27 heavy (non-hydrogen) atoms. The molecular weight excluding hydrogens is 398 g/mol. The Morgan fingerprint density at radius 2 is 1.96 bits per heavy atom. The summed E-state index contributed by atoms with van der Waals surface area (Å²) >= 11 is 6.30. The minimum Gasteiger partial charge on any atom is -0.324 e. The van der Waals surface area contributed by atoms with Crippen LogP contribution in [0.15, 0.2) is 47.4 Å². The van der Waals surface area contributed by atoms with Crippen molar-refractivity contribution < 1.29 is 23.2 Å². The van der Waals surface area contributed by atoms with Crippen LogP contribution in [-0.4, -0.2) is 28.5 Å². The summed E-state index contributed by atoms with van der Waals surface area (Å²) in [5.41, 5.74) is 0.652. The smallest absolute Gasteiger partial charge is 0.294 e. The zero-order valence-electron chi connectivity index (χ0n) is 13.5. The topological polar surface area (TPSA) is 66.5 Å². The SMILES string of the molecule is O=C(CN1C(=O)S/C(=C/c2cccc(F)c2)C1=O)Nc1ccc(F)c(Cl)c1. The average molecular weight is 409 g/mol. The lowest BCUT2D eigenvalue weighted by molar-refractivity contribution is -0.127. The van der Waals surface area contributed by atoms with Gasteiger partial charge in [0.15, 0.2) is 0 Å². The van der Waals surface area contributed by atoms with Gasteiger partial charge in [-0.1, -0.05) is 23.7 Å². The molecule has 0 aliphatic carbocycles. The fourth-order valence-corrected chi connectivity index (χ4v) is 3.32. The first-order chi connectivity index (χ1) is 12.8. The summed E-state index contributed by atoms with van der Waals surface area (Å²) in [5.74, 6) is -2.41. The normalized spacial score (nSPS) is 15.5. The van der Waals surface area contributed by atoms with Gasteiger partial charge in [-0.25, -0.2) is 8.78 Å². The van der Waals surface area contributed by atoms with E-state index >= 15 is 0 Å². The maximum atomic E-state index is 13.2. The molecule has 0 radical (unpaired) electrons. The number of imide groups is 1. The first-order valence-corrected chi connectivity index (χ1v) is 8.79. The van der Waals surface area contributed by atoms with Crippen molar-refractivity contribution in [2.45, 2.75) is 0 Å². The number of anilines is 1. The lowest BCUT2D eigenvalue weighted by atomic mass is 10.2. The highest BCUT2D eigenvalue weighted by Crippen LogP contribution is 2.32.